The summed E-state index contributed by atoms with van der Waals surface area (Å²) in [6.07, 6.45) is 0. The van der Waals surface area contributed by atoms with E-state index in [0.717, 1.165) is 47.9 Å². The zero-order chi connectivity index (χ0) is 14.8. The minimum atomic E-state index is -0.401. The van der Waals surface area contributed by atoms with E-state index >= 15 is 0 Å². The van der Waals surface area contributed by atoms with Crippen molar-refractivity contribution in [3.05, 3.63) is 29.3 Å². The monoisotopic (exact) mass is 304 g/mol. The highest BCUT2D eigenvalue weighted by Crippen LogP contribution is 2.30. The fourth-order valence-electron chi connectivity index (χ4n) is 2.80. The van der Waals surface area contributed by atoms with Crippen LogP contribution in [0.25, 0.3) is 10.2 Å². The van der Waals surface area contributed by atoms with Gasteiger partial charge in [0.25, 0.3) is 0 Å². The number of fused-ring (bicyclic) bond motifs is 1. The number of nitrogens with zero attached hydrogens (tertiary/aromatic N) is 3. The molecule has 1 amide bonds. The zero-order valence-electron chi connectivity index (χ0n) is 12.2. The van der Waals surface area contributed by atoms with Gasteiger partial charge < -0.3 is 10.6 Å². The van der Waals surface area contributed by atoms with Crippen molar-refractivity contribution in [2.45, 2.75) is 13.0 Å². The van der Waals surface area contributed by atoms with E-state index in [4.69, 9.17) is 5.73 Å². The van der Waals surface area contributed by atoms with Crippen molar-refractivity contribution in [3.63, 3.8) is 0 Å². The lowest BCUT2D eigenvalue weighted by Gasteiger charge is -2.36. The van der Waals surface area contributed by atoms with E-state index in [1.165, 1.54) is 0 Å². The van der Waals surface area contributed by atoms with Crippen molar-refractivity contribution in [3.8, 4) is 0 Å². The van der Waals surface area contributed by atoms with Crippen LogP contribution in [0.2, 0.25) is 0 Å². The molecule has 1 saturated heterocycles. The van der Waals surface area contributed by atoms with Crippen molar-refractivity contribution in [1.82, 2.24) is 14.8 Å². The van der Waals surface area contributed by atoms with Gasteiger partial charge in [0.1, 0.15) is 11.0 Å². The number of primary amides is 1. The third-order valence-corrected chi connectivity index (χ3v) is 5.12. The molecule has 0 spiro atoms. The number of likely N-dealkylation sites (N-methyl/N-ethyl adjacent to an activating group) is 1. The van der Waals surface area contributed by atoms with Crippen LogP contribution in [-0.2, 0) is 4.79 Å². The van der Waals surface area contributed by atoms with E-state index in [9.17, 15) is 4.79 Å². The first-order valence-electron chi connectivity index (χ1n) is 7.30. The van der Waals surface area contributed by atoms with E-state index in [0.29, 0.717) is 0 Å². The lowest BCUT2D eigenvalue weighted by atomic mass is 10.2. The third kappa shape index (κ3) is 2.92. The molecule has 3 rings (SSSR count). The average Bonchev–Trinajstić information content (AvgIpc) is 2.91. The number of amides is 1. The lowest BCUT2D eigenvalue weighted by molar-refractivity contribution is -0.124. The fraction of sp³-hybridized carbons (Fsp3) is 0.467. The number of nitrogens with two attached hydrogens (primary N) is 1. The lowest BCUT2D eigenvalue weighted by Crippen LogP contribution is -2.50. The smallest absolute Gasteiger partial charge is 0.241 e. The number of carbonyl (C=O) groups is 1. The number of hydrogen-bond acceptors (Lipinski definition) is 5. The van der Waals surface area contributed by atoms with E-state index < -0.39 is 6.04 Å². The van der Waals surface area contributed by atoms with Crippen molar-refractivity contribution >= 4 is 27.5 Å². The molecular formula is C15H20N4OS. The molecule has 1 aromatic carbocycles. The van der Waals surface area contributed by atoms with Gasteiger partial charge in [-0.15, -0.1) is 11.3 Å². The SMILES string of the molecule is CCN1CCN(C(C(N)=O)c2nc3ccccc3s2)CC1. The molecule has 0 bridgehead atoms. The van der Waals surface area contributed by atoms with Gasteiger partial charge in [0, 0.05) is 26.2 Å². The Hall–Kier alpha value is -1.50. The van der Waals surface area contributed by atoms with Crippen LogP contribution in [0.5, 0.6) is 0 Å². The maximum atomic E-state index is 12.0. The van der Waals surface area contributed by atoms with Gasteiger partial charge >= 0.3 is 0 Å². The highest BCUT2D eigenvalue weighted by Gasteiger charge is 2.31. The summed E-state index contributed by atoms with van der Waals surface area (Å²) in [4.78, 5) is 21.1. The number of carbonyl (C=O) groups excluding carboxylic acids is 1. The Morgan fingerprint density at radius 3 is 2.67 bits per heavy atom. The number of rotatable bonds is 4. The molecule has 1 aliphatic rings. The average molecular weight is 304 g/mol. The fourth-order valence-corrected chi connectivity index (χ4v) is 3.91. The molecule has 2 heterocycles. The van der Waals surface area contributed by atoms with Crippen molar-refractivity contribution in [2.75, 3.05) is 32.7 Å². The maximum Gasteiger partial charge on any atom is 0.241 e. The number of aromatic nitrogens is 1. The molecule has 1 atom stereocenters. The Balaban J connectivity index is 1.86. The van der Waals surface area contributed by atoms with Crippen LogP contribution in [0.4, 0.5) is 0 Å². The van der Waals surface area contributed by atoms with Crippen molar-refractivity contribution < 1.29 is 4.79 Å². The number of hydrogen-bond donors (Lipinski definition) is 1. The topological polar surface area (TPSA) is 62.5 Å². The van der Waals surface area contributed by atoms with Crippen LogP contribution in [0.15, 0.2) is 24.3 Å². The number of para-hydroxylation sites is 1. The Kier molecular flexibility index (Phi) is 4.19. The first-order chi connectivity index (χ1) is 10.2. The first-order valence-corrected chi connectivity index (χ1v) is 8.12. The molecule has 2 N–H and O–H groups in total. The Bertz CT molecular complexity index is 600. The van der Waals surface area contributed by atoms with Crippen LogP contribution in [0.1, 0.15) is 18.0 Å². The molecule has 5 nitrogen and oxygen atoms in total. The summed E-state index contributed by atoms with van der Waals surface area (Å²) >= 11 is 1.57. The van der Waals surface area contributed by atoms with Crippen LogP contribution >= 0.6 is 11.3 Å². The normalized spacial score (nSPS) is 18.9. The van der Waals surface area contributed by atoms with Crippen molar-refractivity contribution in [2.24, 2.45) is 5.73 Å². The van der Waals surface area contributed by atoms with Gasteiger partial charge in [0.15, 0.2) is 0 Å². The Morgan fingerprint density at radius 2 is 2.05 bits per heavy atom. The highest BCUT2D eigenvalue weighted by atomic mass is 32.1. The van der Waals surface area contributed by atoms with Gasteiger partial charge in [-0.2, -0.15) is 0 Å². The molecule has 6 heteroatoms. The summed E-state index contributed by atoms with van der Waals surface area (Å²) in [5, 5.41) is 0.814. The van der Waals surface area contributed by atoms with E-state index in [1.807, 2.05) is 24.3 Å². The summed E-state index contributed by atoms with van der Waals surface area (Å²) in [7, 11) is 0. The molecule has 0 saturated carbocycles. The van der Waals surface area contributed by atoms with Crippen LogP contribution in [0.3, 0.4) is 0 Å². The maximum absolute atomic E-state index is 12.0. The number of piperazine rings is 1. The molecule has 1 aromatic heterocycles. The van der Waals surface area contributed by atoms with Crippen molar-refractivity contribution in [1.29, 1.82) is 0 Å². The second-order valence-electron chi connectivity index (χ2n) is 5.29. The van der Waals surface area contributed by atoms with E-state index in [-0.39, 0.29) is 5.91 Å². The minimum absolute atomic E-state index is 0.306. The number of thiazole rings is 1. The summed E-state index contributed by atoms with van der Waals surface area (Å²) in [6.45, 7) is 6.89. The second-order valence-corrected chi connectivity index (χ2v) is 6.36. The standard InChI is InChI=1S/C15H20N4OS/c1-2-18-7-9-19(10-8-18)13(14(16)20)15-17-11-5-3-4-6-12(11)21-15/h3-6,13H,2,7-10H2,1H3,(H2,16,20). The van der Waals surface area contributed by atoms with Gasteiger partial charge in [0.05, 0.1) is 10.2 Å². The molecule has 1 aliphatic heterocycles. The predicted octanol–water partition coefficient (Wildman–Crippen LogP) is 1.46. The molecule has 2 aromatic rings. The minimum Gasteiger partial charge on any atom is -0.368 e. The largest absolute Gasteiger partial charge is 0.368 e. The molecule has 0 aliphatic carbocycles. The summed E-state index contributed by atoms with van der Waals surface area (Å²) < 4.78 is 1.10. The third-order valence-electron chi connectivity index (χ3n) is 4.03. The van der Waals surface area contributed by atoms with E-state index in [1.54, 1.807) is 11.3 Å². The van der Waals surface area contributed by atoms with Gasteiger partial charge in [-0.1, -0.05) is 19.1 Å². The van der Waals surface area contributed by atoms with E-state index in [2.05, 4.69) is 21.7 Å². The molecule has 1 fully saturated rings. The van der Waals surface area contributed by atoms with Crippen LogP contribution in [0, 0.1) is 0 Å². The molecule has 0 radical (unpaired) electrons. The summed E-state index contributed by atoms with van der Waals surface area (Å²) in [5.41, 5.74) is 6.60. The van der Waals surface area contributed by atoms with Crippen LogP contribution in [-0.4, -0.2) is 53.4 Å². The molecule has 21 heavy (non-hydrogen) atoms. The Morgan fingerprint density at radius 1 is 1.33 bits per heavy atom. The molecule has 112 valence electrons. The summed E-state index contributed by atoms with van der Waals surface area (Å²) in [5.74, 6) is -0.306. The zero-order valence-corrected chi connectivity index (χ0v) is 13.0. The predicted molar refractivity (Wildman–Crippen MR) is 85.2 cm³/mol. The first kappa shape index (κ1) is 14.4. The van der Waals surface area contributed by atoms with Gasteiger partial charge in [-0.05, 0) is 18.7 Å². The quantitative estimate of drug-likeness (QED) is 0.929. The second kappa shape index (κ2) is 6.09. The number of benzene rings is 1. The molecular weight excluding hydrogens is 284 g/mol. The van der Waals surface area contributed by atoms with Gasteiger partial charge in [0.2, 0.25) is 5.91 Å². The molecule has 1 unspecified atom stereocenters. The highest BCUT2D eigenvalue weighted by molar-refractivity contribution is 7.18. The van der Waals surface area contributed by atoms with Crippen LogP contribution < -0.4 is 5.73 Å². The van der Waals surface area contributed by atoms with Gasteiger partial charge in [-0.3, -0.25) is 9.69 Å². The van der Waals surface area contributed by atoms with Gasteiger partial charge in [-0.25, -0.2) is 4.98 Å². The Labute approximate surface area is 128 Å². The summed E-state index contributed by atoms with van der Waals surface area (Å²) in [6, 6.07) is 7.56.